The van der Waals surface area contributed by atoms with Crippen LogP contribution in [0.5, 0.6) is 0 Å². The fourth-order valence-electron chi connectivity index (χ4n) is 1.25. The molecule has 0 spiro atoms. The number of hydrogen-bond donors (Lipinski definition) is 0. The van der Waals surface area contributed by atoms with Crippen LogP contribution in [0, 0.1) is 0 Å². The molecule has 0 saturated heterocycles. The lowest BCUT2D eigenvalue weighted by atomic mass is 10.3. The van der Waals surface area contributed by atoms with Crippen molar-refractivity contribution in [1.82, 2.24) is 4.90 Å². The summed E-state index contributed by atoms with van der Waals surface area (Å²) in [6, 6.07) is 0.658. The van der Waals surface area contributed by atoms with Crippen LogP contribution in [-0.4, -0.2) is 45.3 Å². The van der Waals surface area contributed by atoms with Gasteiger partial charge in [-0.3, -0.25) is 9.79 Å². The molecule has 0 bridgehead atoms. The SMILES string of the molecule is CC(C)N(C)C(=O)[C@@H](C)SC1=N[C@@H](C)CS1. The van der Waals surface area contributed by atoms with Crippen molar-refractivity contribution in [3.8, 4) is 0 Å². The summed E-state index contributed by atoms with van der Waals surface area (Å²) in [4.78, 5) is 18.3. The Bertz CT molecular complexity index is 292. The topological polar surface area (TPSA) is 32.7 Å². The second-order valence-corrected chi connectivity index (χ2v) is 6.95. The van der Waals surface area contributed by atoms with Crippen molar-refractivity contribution < 1.29 is 4.79 Å². The predicted octanol–water partition coefficient (Wildman–Crippen LogP) is 2.47. The lowest BCUT2D eigenvalue weighted by Gasteiger charge is -2.24. The van der Waals surface area contributed by atoms with Gasteiger partial charge in [-0.15, -0.1) is 0 Å². The molecule has 92 valence electrons. The maximum atomic E-state index is 12.0. The molecule has 2 atom stereocenters. The van der Waals surface area contributed by atoms with Crippen molar-refractivity contribution in [3.05, 3.63) is 0 Å². The Kier molecular flexibility index (Phi) is 5.18. The fourth-order valence-corrected chi connectivity index (χ4v) is 3.69. The molecule has 1 aliphatic rings. The minimum atomic E-state index is -0.0380. The highest BCUT2D eigenvalue weighted by Crippen LogP contribution is 2.29. The van der Waals surface area contributed by atoms with E-state index in [0.29, 0.717) is 6.04 Å². The van der Waals surface area contributed by atoms with Gasteiger partial charge in [0, 0.05) is 18.8 Å². The quantitative estimate of drug-likeness (QED) is 0.781. The van der Waals surface area contributed by atoms with Gasteiger partial charge >= 0.3 is 0 Å². The minimum Gasteiger partial charge on any atom is -0.342 e. The summed E-state index contributed by atoms with van der Waals surface area (Å²) in [6.45, 7) is 8.11. The van der Waals surface area contributed by atoms with Crippen LogP contribution >= 0.6 is 23.5 Å². The summed E-state index contributed by atoms with van der Waals surface area (Å²) in [5.74, 6) is 1.23. The summed E-state index contributed by atoms with van der Waals surface area (Å²) in [5.41, 5.74) is 0. The third-order valence-electron chi connectivity index (χ3n) is 2.52. The van der Waals surface area contributed by atoms with Crippen molar-refractivity contribution >= 4 is 33.8 Å². The van der Waals surface area contributed by atoms with Crippen molar-refractivity contribution in [3.63, 3.8) is 0 Å². The Morgan fingerprint density at radius 1 is 1.56 bits per heavy atom. The van der Waals surface area contributed by atoms with Crippen molar-refractivity contribution in [2.75, 3.05) is 12.8 Å². The zero-order chi connectivity index (χ0) is 12.3. The molecule has 16 heavy (non-hydrogen) atoms. The smallest absolute Gasteiger partial charge is 0.235 e. The van der Waals surface area contributed by atoms with Gasteiger partial charge in [-0.2, -0.15) is 0 Å². The monoisotopic (exact) mass is 260 g/mol. The Hall–Kier alpha value is -0.160. The van der Waals surface area contributed by atoms with Gasteiger partial charge in [0.1, 0.15) is 4.38 Å². The summed E-state index contributed by atoms with van der Waals surface area (Å²) < 4.78 is 1.06. The average Bonchev–Trinajstić information content (AvgIpc) is 2.61. The molecule has 0 saturated carbocycles. The van der Waals surface area contributed by atoms with Crippen LogP contribution in [0.3, 0.4) is 0 Å². The highest BCUT2D eigenvalue weighted by molar-refractivity contribution is 8.39. The van der Waals surface area contributed by atoms with Crippen LogP contribution in [0.1, 0.15) is 27.7 Å². The molecule has 0 aromatic heterocycles. The lowest BCUT2D eigenvalue weighted by molar-refractivity contribution is -0.130. The maximum absolute atomic E-state index is 12.0. The van der Waals surface area contributed by atoms with Gasteiger partial charge in [0.05, 0.1) is 11.3 Å². The van der Waals surface area contributed by atoms with E-state index in [-0.39, 0.29) is 17.2 Å². The van der Waals surface area contributed by atoms with Gasteiger partial charge < -0.3 is 4.90 Å². The summed E-state index contributed by atoms with van der Waals surface area (Å²) in [6.07, 6.45) is 0. The van der Waals surface area contributed by atoms with Gasteiger partial charge in [0.2, 0.25) is 5.91 Å². The molecule has 0 N–H and O–H groups in total. The number of nitrogens with zero attached hydrogens (tertiary/aromatic N) is 2. The summed E-state index contributed by atoms with van der Waals surface area (Å²) in [5, 5.41) is -0.0380. The zero-order valence-corrected chi connectivity index (χ0v) is 12.2. The highest BCUT2D eigenvalue weighted by Gasteiger charge is 2.24. The van der Waals surface area contributed by atoms with E-state index in [1.54, 1.807) is 28.4 Å². The van der Waals surface area contributed by atoms with E-state index in [9.17, 15) is 4.79 Å². The molecule has 5 heteroatoms. The van der Waals surface area contributed by atoms with Gasteiger partial charge in [-0.1, -0.05) is 23.5 Å². The molecule has 0 radical (unpaired) electrons. The molecule has 0 fully saturated rings. The lowest BCUT2D eigenvalue weighted by Crippen LogP contribution is -2.38. The van der Waals surface area contributed by atoms with Gasteiger partial charge in [0.25, 0.3) is 0 Å². The Balaban J connectivity index is 2.49. The molecule has 1 rings (SSSR count). The third-order valence-corrected chi connectivity index (χ3v) is 5.03. The summed E-state index contributed by atoms with van der Waals surface area (Å²) in [7, 11) is 1.86. The molecule has 1 heterocycles. The van der Waals surface area contributed by atoms with Crippen LogP contribution in [0.25, 0.3) is 0 Å². The van der Waals surface area contributed by atoms with Crippen molar-refractivity contribution in [2.24, 2.45) is 4.99 Å². The van der Waals surface area contributed by atoms with Crippen molar-refractivity contribution in [2.45, 2.75) is 45.0 Å². The third kappa shape index (κ3) is 3.70. The molecule has 3 nitrogen and oxygen atoms in total. The Labute approximate surface area is 106 Å². The number of hydrogen-bond acceptors (Lipinski definition) is 4. The van der Waals surface area contributed by atoms with Crippen LogP contribution in [0.15, 0.2) is 4.99 Å². The second kappa shape index (κ2) is 5.96. The molecule has 0 aliphatic carbocycles. The second-order valence-electron chi connectivity index (χ2n) is 4.36. The number of amides is 1. The molecular weight excluding hydrogens is 240 g/mol. The van der Waals surface area contributed by atoms with Gasteiger partial charge in [-0.25, -0.2) is 0 Å². The van der Waals surface area contributed by atoms with Crippen LogP contribution in [0.2, 0.25) is 0 Å². The molecule has 0 aromatic rings. The van der Waals surface area contributed by atoms with E-state index in [1.165, 1.54) is 0 Å². The Morgan fingerprint density at radius 3 is 2.62 bits per heavy atom. The first kappa shape index (κ1) is 13.9. The van der Waals surface area contributed by atoms with E-state index < -0.39 is 0 Å². The molecule has 0 aromatic carbocycles. The minimum absolute atomic E-state index is 0.0380. The predicted molar refractivity (Wildman–Crippen MR) is 74.3 cm³/mol. The molecule has 1 aliphatic heterocycles. The van der Waals surface area contributed by atoms with E-state index in [1.807, 2.05) is 27.8 Å². The van der Waals surface area contributed by atoms with Gasteiger partial charge in [0.15, 0.2) is 0 Å². The first-order valence-corrected chi connectivity index (χ1v) is 7.42. The maximum Gasteiger partial charge on any atom is 0.235 e. The van der Waals surface area contributed by atoms with E-state index in [4.69, 9.17) is 0 Å². The number of carbonyl (C=O) groups is 1. The van der Waals surface area contributed by atoms with Crippen LogP contribution in [0.4, 0.5) is 0 Å². The number of thioether (sulfide) groups is 2. The van der Waals surface area contributed by atoms with E-state index in [0.717, 1.165) is 10.1 Å². The number of aliphatic imine (C=N–C) groups is 1. The largest absolute Gasteiger partial charge is 0.342 e. The zero-order valence-electron chi connectivity index (χ0n) is 10.6. The van der Waals surface area contributed by atoms with E-state index in [2.05, 4.69) is 11.9 Å². The van der Waals surface area contributed by atoms with Crippen LogP contribution in [-0.2, 0) is 4.79 Å². The first-order chi connectivity index (χ1) is 7.41. The van der Waals surface area contributed by atoms with Gasteiger partial charge in [-0.05, 0) is 27.7 Å². The number of rotatable bonds is 3. The average molecular weight is 260 g/mol. The normalized spacial score (nSPS) is 22.1. The van der Waals surface area contributed by atoms with E-state index >= 15 is 0 Å². The molecule has 1 amide bonds. The Morgan fingerprint density at radius 2 is 2.19 bits per heavy atom. The highest BCUT2D eigenvalue weighted by atomic mass is 32.2. The standard InChI is InChI=1S/C11H20N2OS2/c1-7(2)13(5)10(14)9(4)16-11-12-8(3)6-15-11/h7-9H,6H2,1-5H3/t8-,9+/m0/s1. The fraction of sp³-hybridized carbons (Fsp3) is 0.818. The first-order valence-electron chi connectivity index (χ1n) is 5.55. The molecular formula is C11H20N2OS2. The van der Waals surface area contributed by atoms with Crippen LogP contribution < -0.4 is 0 Å². The number of carbonyl (C=O) groups excluding carboxylic acids is 1. The van der Waals surface area contributed by atoms with Crippen molar-refractivity contribution in [1.29, 1.82) is 0 Å². The summed E-state index contributed by atoms with van der Waals surface area (Å²) >= 11 is 3.35. The molecule has 0 unspecified atom stereocenters.